The lowest BCUT2D eigenvalue weighted by Crippen LogP contribution is -2.47. The highest BCUT2D eigenvalue weighted by atomic mass is 16.5. The van der Waals surface area contributed by atoms with E-state index in [2.05, 4.69) is 46.0 Å². The Balaban J connectivity index is 1.24. The molecule has 0 radical (unpaired) electrons. The molecule has 0 bridgehead atoms. The van der Waals surface area contributed by atoms with Crippen molar-refractivity contribution in [1.82, 2.24) is 9.88 Å². The molecule has 1 saturated heterocycles. The Morgan fingerprint density at radius 2 is 1.93 bits per heavy atom. The first-order chi connectivity index (χ1) is 14.7. The van der Waals surface area contributed by atoms with Crippen LogP contribution in [0.1, 0.15) is 11.1 Å². The van der Waals surface area contributed by atoms with Gasteiger partial charge in [-0.3, -0.25) is 9.88 Å². The quantitative estimate of drug-likeness (QED) is 0.486. The van der Waals surface area contributed by atoms with Crippen LogP contribution in [0.15, 0.2) is 59.3 Å². The molecule has 30 heavy (non-hydrogen) atoms. The van der Waals surface area contributed by atoms with Gasteiger partial charge in [0.05, 0.1) is 24.6 Å². The molecule has 0 atom stereocenters. The van der Waals surface area contributed by atoms with Gasteiger partial charge in [-0.05, 0) is 54.8 Å². The monoisotopic (exact) mass is 401 g/mol. The van der Waals surface area contributed by atoms with Crippen LogP contribution in [0.25, 0.3) is 21.9 Å². The number of ether oxygens (including phenoxy) is 1. The molecule has 2 aromatic heterocycles. The van der Waals surface area contributed by atoms with E-state index in [9.17, 15) is 0 Å². The number of anilines is 1. The summed E-state index contributed by atoms with van der Waals surface area (Å²) in [5.41, 5.74) is 5.82. The van der Waals surface area contributed by atoms with E-state index in [4.69, 9.17) is 9.15 Å². The van der Waals surface area contributed by atoms with Crippen LogP contribution < -0.4 is 9.64 Å². The van der Waals surface area contributed by atoms with Crippen LogP contribution in [-0.2, 0) is 6.42 Å². The average molecular weight is 402 g/mol. The van der Waals surface area contributed by atoms with Crippen LogP contribution in [0.5, 0.6) is 5.75 Å². The van der Waals surface area contributed by atoms with E-state index in [1.165, 1.54) is 27.6 Å². The number of aromatic nitrogens is 1. The van der Waals surface area contributed by atoms with E-state index < -0.39 is 0 Å². The largest absolute Gasteiger partial charge is 0.497 e. The highest BCUT2D eigenvalue weighted by molar-refractivity contribution is 5.91. The first-order valence-corrected chi connectivity index (χ1v) is 10.6. The molecule has 0 N–H and O–H groups in total. The number of piperazine rings is 1. The predicted molar refractivity (Wildman–Crippen MR) is 122 cm³/mol. The fourth-order valence-corrected chi connectivity index (χ4v) is 4.44. The minimum absolute atomic E-state index is 0.831. The lowest BCUT2D eigenvalue weighted by Gasteiger charge is -2.36. The Morgan fingerprint density at radius 3 is 2.77 bits per heavy atom. The maximum atomic E-state index is 5.74. The number of hydrogen-bond donors (Lipinski definition) is 0. The molecular formula is C25H27N3O2. The van der Waals surface area contributed by atoms with Gasteiger partial charge in [-0.15, -0.1) is 0 Å². The summed E-state index contributed by atoms with van der Waals surface area (Å²) in [6.45, 7) is 7.38. The molecule has 5 heteroatoms. The van der Waals surface area contributed by atoms with E-state index in [1.807, 2.05) is 30.7 Å². The number of pyridine rings is 1. The van der Waals surface area contributed by atoms with Crippen LogP contribution in [0.4, 0.5) is 5.69 Å². The molecule has 0 amide bonds. The lowest BCUT2D eigenvalue weighted by atomic mass is 10.1. The number of rotatable bonds is 5. The van der Waals surface area contributed by atoms with Gasteiger partial charge in [0.15, 0.2) is 0 Å². The van der Waals surface area contributed by atoms with Gasteiger partial charge in [0, 0.05) is 55.8 Å². The van der Waals surface area contributed by atoms with Crippen molar-refractivity contribution in [3.8, 4) is 5.75 Å². The van der Waals surface area contributed by atoms with E-state index in [-0.39, 0.29) is 0 Å². The molecule has 1 aliphatic heterocycles. The molecule has 5 nitrogen and oxygen atoms in total. The molecule has 0 saturated carbocycles. The smallest absolute Gasteiger partial charge is 0.137 e. The third-order valence-corrected chi connectivity index (χ3v) is 6.10. The Labute approximate surface area is 176 Å². The highest BCUT2D eigenvalue weighted by Crippen LogP contribution is 2.28. The third-order valence-electron chi connectivity index (χ3n) is 6.10. The summed E-state index contributed by atoms with van der Waals surface area (Å²) in [5.74, 6) is 0.831. The van der Waals surface area contributed by atoms with Crippen molar-refractivity contribution in [2.24, 2.45) is 0 Å². The molecule has 3 heterocycles. The maximum Gasteiger partial charge on any atom is 0.137 e. The fourth-order valence-electron chi connectivity index (χ4n) is 4.44. The predicted octanol–water partition coefficient (Wildman–Crippen LogP) is 4.66. The second-order valence-corrected chi connectivity index (χ2v) is 8.06. The van der Waals surface area contributed by atoms with Crippen molar-refractivity contribution < 1.29 is 9.15 Å². The van der Waals surface area contributed by atoms with Gasteiger partial charge in [-0.2, -0.15) is 0 Å². The van der Waals surface area contributed by atoms with Crippen molar-refractivity contribution in [1.29, 1.82) is 0 Å². The summed E-state index contributed by atoms with van der Waals surface area (Å²) in [6.07, 6.45) is 4.78. The molecule has 154 valence electrons. The number of hydrogen-bond acceptors (Lipinski definition) is 5. The molecule has 5 rings (SSSR count). The summed E-state index contributed by atoms with van der Waals surface area (Å²) in [4.78, 5) is 9.68. The highest BCUT2D eigenvalue weighted by Gasteiger charge is 2.20. The van der Waals surface area contributed by atoms with Crippen molar-refractivity contribution >= 4 is 27.6 Å². The van der Waals surface area contributed by atoms with Gasteiger partial charge in [0.1, 0.15) is 11.3 Å². The van der Waals surface area contributed by atoms with Gasteiger partial charge < -0.3 is 14.1 Å². The third kappa shape index (κ3) is 3.61. The maximum absolute atomic E-state index is 5.74. The second kappa shape index (κ2) is 8.00. The zero-order valence-electron chi connectivity index (χ0n) is 17.6. The topological polar surface area (TPSA) is 41.7 Å². The molecule has 2 aromatic carbocycles. The van der Waals surface area contributed by atoms with Crippen LogP contribution in [0.3, 0.4) is 0 Å². The summed E-state index contributed by atoms with van der Waals surface area (Å²) in [6, 6.07) is 14.7. The molecule has 0 spiro atoms. The van der Waals surface area contributed by atoms with Gasteiger partial charge in [-0.1, -0.05) is 6.07 Å². The number of furan rings is 1. The van der Waals surface area contributed by atoms with E-state index in [1.54, 1.807) is 7.11 Å². The normalized spacial score (nSPS) is 15.2. The van der Waals surface area contributed by atoms with Gasteiger partial charge in [0.25, 0.3) is 0 Å². The van der Waals surface area contributed by atoms with Crippen LogP contribution in [0, 0.1) is 6.92 Å². The average Bonchev–Trinajstić information content (AvgIpc) is 3.19. The van der Waals surface area contributed by atoms with Gasteiger partial charge in [-0.25, -0.2) is 0 Å². The molecule has 1 fully saturated rings. The molecule has 1 aliphatic rings. The van der Waals surface area contributed by atoms with E-state index >= 15 is 0 Å². The number of methoxy groups -OCH3 is 1. The fraction of sp³-hybridized carbons (Fsp3) is 0.320. The second-order valence-electron chi connectivity index (χ2n) is 8.06. The Kier molecular flexibility index (Phi) is 5.05. The van der Waals surface area contributed by atoms with Crippen LogP contribution in [-0.4, -0.2) is 49.7 Å². The molecule has 0 unspecified atom stereocenters. The van der Waals surface area contributed by atoms with E-state index in [0.717, 1.165) is 56.0 Å². The minimum atomic E-state index is 0.831. The Hall–Kier alpha value is -3.05. The lowest BCUT2D eigenvalue weighted by molar-refractivity contribution is 0.261. The Morgan fingerprint density at radius 1 is 1.07 bits per heavy atom. The molecular weight excluding hydrogens is 374 g/mol. The number of aryl methyl sites for hydroxylation is 1. The Bertz CT molecular complexity index is 1180. The zero-order valence-corrected chi connectivity index (χ0v) is 17.6. The molecule has 0 aliphatic carbocycles. The summed E-state index contributed by atoms with van der Waals surface area (Å²) in [5, 5.41) is 2.41. The van der Waals surface area contributed by atoms with E-state index in [0.29, 0.717) is 0 Å². The van der Waals surface area contributed by atoms with Gasteiger partial charge >= 0.3 is 0 Å². The summed E-state index contributed by atoms with van der Waals surface area (Å²) < 4.78 is 11.0. The van der Waals surface area contributed by atoms with Crippen molar-refractivity contribution in [2.45, 2.75) is 13.3 Å². The standard InChI is InChI=1S/C25H27N3O2/c1-18-14-19-4-3-8-26-25(19)23(15-18)28-12-10-27(11-13-28)9-7-20-17-30-24-16-21(29-2)5-6-22(20)24/h3-6,8,14-17H,7,9-13H2,1-2H3. The first kappa shape index (κ1) is 18.9. The van der Waals surface area contributed by atoms with Gasteiger partial charge in [0.2, 0.25) is 0 Å². The van der Waals surface area contributed by atoms with Crippen LogP contribution in [0.2, 0.25) is 0 Å². The number of nitrogens with zero attached hydrogens (tertiary/aromatic N) is 3. The summed E-state index contributed by atoms with van der Waals surface area (Å²) >= 11 is 0. The zero-order chi connectivity index (χ0) is 20.5. The van der Waals surface area contributed by atoms with Crippen molar-refractivity contribution in [3.63, 3.8) is 0 Å². The van der Waals surface area contributed by atoms with Crippen molar-refractivity contribution in [3.05, 3.63) is 66.1 Å². The molecule has 4 aromatic rings. The number of benzene rings is 2. The minimum Gasteiger partial charge on any atom is -0.497 e. The van der Waals surface area contributed by atoms with Crippen LogP contribution >= 0.6 is 0 Å². The first-order valence-electron chi connectivity index (χ1n) is 10.6. The number of fused-ring (bicyclic) bond motifs is 2. The summed E-state index contributed by atoms with van der Waals surface area (Å²) in [7, 11) is 1.68. The van der Waals surface area contributed by atoms with Crippen molar-refractivity contribution in [2.75, 3.05) is 44.7 Å². The SMILES string of the molecule is COc1ccc2c(CCN3CCN(c4cc(C)cc5cccnc45)CC3)coc2c1.